The normalized spacial score (nSPS) is 14.0. The number of benzene rings is 2. The number of ether oxygens (including phenoxy) is 1. The first-order valence-corrected chi connectivity index (χ1v) is 11.3. The molecule has 4 aromatic rings. The topological polar surface area (TPSA) is 63.2 Å². The Balaban J connectivity index is 1.25. The SMILES string of the molecule is O=C(NC(=S)Nc1ccc(Oc2ccnc3ccsc23)c(F)c1)C1(c2ccccc2)CC1. The average Bonchev–Trinajstić information content (AvgIpc) is 3.47. The molecule has 160 valence electrons. The van der Waals surface area contributed by atoms with Crippen LogP contribution in [0.1, 0.15) is 18.4 Å². The molecule has 2 N–H and O–H groups in total. The third kappa shape index (κ3) is 3.94. The monoisotopic (exact) mass is 463 g/mol. The van der Waals surface area contributed by atoms with Crippen LogP contribution in [0.15, 0.2) is 72.2 Å². The number of rotatable bonds is 5. The predicted molar refractivity (Wildman–Crippen MR) is 128 cm³/mol. The molecule has 1 amide bonds. The first-order chi connectivity index (χ1) is 15.5. The van der Waals surface area contributed by atoms with Crippen molar-refractivity contribution < 1.29 is 13.9 Å². The third-order valence-corrected chi connectivity index (χ3v) is 6.58. The molecule has 0 radical (unpaired) electrons. The molecule has 0 bridgehead atoms. The van der Waals surface area contributed by atoms with Gasteiger partial charge in [-0.15, -0.1) is 11.3 Å². The molecule has 0 spiro atoms. The lowest BCUT2D eigenvalue weighted by atomic mass is 9.95. The number of halogens is 1. The van der Waals surface area contributed by atoms with Crippen molar-refractivity contribution in [3.05, 3.63) is 83.6 Å². The average molecular weight is 464 g/mol. The lowest BCUT2D eigenvalue weighted by Crippen LogP contribution is -2.41. The number of thiocarbonyl (C=S) groups is 1. The van der Waals surface area contributed by atoms with Crippen molar-refractivity contribution in [1.29, 1.82) is 0 Å². The van der Waals surface area contributed by atoms with Crippen LogP contribution in [0.4, 0.5) is 10.1 Å². The molecule has 0 aliphatic heterocycles. The van der Waals surface area contributed by atoms with Crippen LogP contribution in [0.3, 0.4) is 0 Å². The Morgan fingerprint density at radius 2 is 1.91 bits per heavy atom. The van der Waals surface area contributed by atoms with E-state index in [9.17, 15) is 9.18 Å². The lowest BCUT2D eigenvalue weighted by Gasteiger charge is -2.17. The first-order valence-electron chi connectivity index (χ1n) is 10.0. The summed E-state index contributed by atoms with van der Waals surface area (Å²) in [5.41, 5.74) is 1.66. The van der Waals surface area contributed by atoms with E-state index in [1.165, 1.54) is 23.5 Å². The van der Waals surface area contributed by atoms with E-state index in [4.69, 9.17) is 17.0 Å². The van der Waals surface area contributed by atoms with Crippen molar-refractivity contribution in [1.82, 2.24) is 10.3 Å². The van der Waals surface area contributed by atoms with Crippen LogP contribution in [0.5, 0.6) is 11.5 Å². The van der Waals surface area contributed by atoms with Crippen molar-refractivity contribution in [3.8, 4) is 11.5 Å². The lowest BCUT2D eigenvalue weighted by molar-refractivity contribution is -0.122. The van der Waals surface area contributed by atoms with Crippen molar-refractivity contribution in [3.63, 3.8) is 0 Å². The maximum atomic E-state index is 14.7. The molecule has 2 heterocycles. The number of hydrogen-bond donors (Lipinski definition) is 2. The molecule has 5 rings (SSSR count). The van der Waals surface area contributed by atoms with Gasteiger partial charge in [0.15, 0.2) is 16.7 Å². The molecule has 1 fully saturated rings. The van der Waals surface area contributed by atoms with Crippen LogP contribution in [0.2, 0.25) is 0 Å². The number of carbonyl (C=O) groups is 1. The Morgan fingerprint density at radius 1 is 1.09 bits per heavy atom. The summed E-state index contributed by atoms with van der Waals surface area (Å²) in [5.74, 6) is -0.0664. The molecule has 0 unspecified atom stereocenters. The summed E-state index contributed by atoms with van der Waals surface area (Å²) in [6.07, 6.45) is 3.18. The van der Waals surface area contributed by atoms with Crippen LogP contribution in [0, 0.1) is 5.82 Å². The molecule has 2 aromatic carbocycles. The van der Waals surface area contributed by atoms with E-state index in [1.807, 2.05) is 41.8 Å². The fourth-order valence-corrected chi connectivity index (χ4v) is 4.63. The first kappa shape index (κ1) is 20.5. The summed E-state index contributed by atoms with van der Waals surface area (Å²) < 4.78 is 21.3. The smallest absolute Gasteiger partial charge is 0.236 e. The highest BCUT2D eigenvalue weighted by Crippen LogP contribution is 2.48. The molecule has 8 heteroatoms. The van der Waals surface area contributed by atoms with Crippen LogP contribution in [0.25, 0.3) is 10.2 Å². The Labute approximate surface area is 193 Å². The van der Waals surface area contributed by atoms with Gasteiger partial charge in [-0.25, -0.2) is 4.39 Å². The number of anilines is 1. The summed E-state index contributed by atoms with van der Waals surface area (Å²) in [7, 11) is 0. The number of amides is 1. The van der Waals surface area contributed by atoms with Gasteiger partial charge in [-0.05, 0) is 54.2 Å². The van der Waals surface area contributed by atoms with Gasteiger partial charge in [0.05, 0.1) is 15.6 Å². The summed E-state index contributed by atoms with van der Waals surface area (Å²) in [5, 5.41) is 7.65. The molecule has 5 nitrogen and oxygen atoms in total. The highest BCUT2D eigenvalue weighted by molar-refractivity contribution is 7.80. The Hall–Kier alpha value is -3.36. The number of thiophene rings is 1. The number of fused-ring (bicyclic) bond motifs is 1. The van der Waals surface area contributed by atoms with Gasteiger partial charge in [-0.1, -0.05) is 30.3 Å². The number of pyridine rings is 1. The molecule has 1 aliphatic rings. The van der Waals surface area contributed by atoms with Crippen LogP contribution < -0.4 is 15.4 Å². The second-order valence-corrected chi connectivity index (χ2v) is 8.87. The zero-order valence-corrected chi connectivity index (χ0v) is 18.4. The molecule has 0 atom stereocenters. The fourth-order valence-electron chi connectivity index (χ4n) is 3.62. The number of nitrogens with one attached hydrogen (secondary N) is 2. The second-order valence-electron chi connectivity index (χ2n) is 7.55. The van der Waals surface area contributed by atoms with Crippen molar-refractivity contribution in [2.24, 2.45) is 0 Å². The zero-order valence-electron chi connectivity index (χ0n) is 16.8. The number of aromatic nitrogens is 1. The minimum atomic E-state index is -0.548. The Kier molecular flexibility index (Phi) is 5.32. The van der Waals surface area contributed by atoms with E-state index in [0.29, 0.717) is 11.4 Å². The molecule has 0 saturated heterocycles. The van der Waals surface area contributed by atoms with Crippen molar-refractivity contribution >= 4 is 50.5 Å². The van der Waals surface area contributed by atoms with Gasteiger partial charge in [0, 0.05) is 24.0 Å². The Morgan fingerprint density at radius 3 is 2.66 bits per heavy atom. The molecule has 2 aromatic heterocycles. The van der Waals surface area contributed by atoms with Gasteiger partial charge in [0.2, 0.25) is 5.91 Å². The van der Waals surface area contributed by atoms with Crippen molar-refractivity contribution in [2.45, 2.75) is 18.3 Å². The highest BCUT2D eigenvalue weighted by Gasteiger charge is 2.51. The summed E-state index contributed by atoms with van der Waals surface area (Å²) in [6.45, 7) is 0. The molecular weight excluding hydrogens is 445 g/mol. The Bertz CT molecular complexity index is 1320. The summed E-state index contributed by atoms with van der Waals surface area (Å²) in [4.78, 5) is 17.1. The maximum Gasteiger partial charge on any atom is 0.236 e. The minimum Gasteiger partial charge on any atom is -0.453 e. The van der Waals surface area contributed by atoms with E-state index in [1.54, 1.807) is 18.3 Å². The van der Waals surface area contributed by atoms with E-state index < -0.39 is 11.2 Å². The predicted octanol–water partition coefficient (Wildman–Crippen LogP) is 5.77. The number of nitrogens with zero attached hydrogens (tertiary/aromatic N) is 1. The van der Waals surface area contributed by atoms with Crippen LogP contribution >= 0.6 is 23.6 Å². The van der Waals surface area contributed by atoms with Crippen LogP contribution in [-0.4, -0.2) is 16.0 Å². The largest absolute Gasteiger partial charge is 0.453 e. The minimum absolute atomic E-state index is 0.0902. The van der Waals surface area contributed by atoms with Crippen molar-refractivity contribution in [2.75, 3.05) is 5.32 Å². The van der Waals surface area contributed by atoms with Gasteiger partial charge < -0.3 is 15.4 Å². The molecule has 1 aliphatic carbocycles. The standard InChI is InChI=1S/C24H18FN3O2S2/c25-17-14-16(6-7-19(17)30-20-8-12-26-18-9-13-32-21(18)20)27-23(31)28-22(29)24(10-11-24)15-4-2-1-3-5-15/h1-9,12-14H,10-11H2,(H2,27,28,29,31). The molecule has 32 heavy (non-hydrogen) atoms. The fraction of sp³-hybridized carbons (Fsp3) is 0.125. The molecular formula is C24H18FN3O2S2. The van der Waals surface area contributed by atoms with Gasteiger partial charge in [0.25, 0.3) is 0 Å². The van der Waals surface area contributed by atoms with E-state index in [2.05, 4.69) is 15.6 Å². The van der Waals surface area contributed by atoms with E-state index in [0.717, 1.165) is 28.6 Å². The van der Waals surface area contributed by atoms with Crippen LogP contribution in [-0.2, 0) is 10.2 Å². The van der Waals surface area contributed by atoms with Gasteiger partial charge in [-0.2, -0.15) is 0 Å². The van der Waals surface area contributed by atoms with Gasteiger partial charge >= 0.3 is 0 Å². The third-order valence-electron chi connectivity index (χ3n) is 5.46. The summed E-state index contributed by atoms with van der Waals surface area (Å²) in [6, 6.07) is 17.7. The zero-order chi connectivity index (χ0) is 22.1. The highest BCUT2D eigenvalue weighted by atomic mass is 32.1. The van der Waals surface area contributed by atoms with Gasteiger partial charge in [0.1, 0.15) is 5.75 Å². The van der Waals surface area contributed by atoms with E-state index >= 15 is 0 Å². The second kappa shape index (κ2) is 8.29. The van der Waals surface area contributed by atoms with Gasteiger partial charge in [-0.3, -0.25) is 9.78 Å². The number of carbonyl (C=O) groups excluding carboxylic acids is 1. The maximum absolute atomic E-state index is 14.7. The van der Waals surface area contributed by atoms with E-state index in [-0.39, 0.29) is 16.8 Å². The molecule has 1 saturated carbocycles. The number of hydrogen-bond acceptors (Lipinski definition) is 5. The quantitative estimate of drug-likeness (QED) is 0.368. The summed E-state index contributed by atoms with van der Waals surface area (Å²) >= 11 is 6.76.